The molecule has 0 aliphatic rings. The van der Waals surface area contributed by atoms with Crippen LogP contribution in [0.15, 0.2) is 53.5 Å². The van der Waals surface area contributed by atoms with Crippen molar-refractivity contribution in [3.63, 3.8) is 0 Å². The fourth-order valence-electron chi connectivity index (χ4n) is 2.38. The molecule has 0 atom stereocenters. The summed E-state index contributed by atoms with van der Waals surface area (Å²) in [4.78, 5) is 17.0. The molecular formula is C20H23ClN2OS. The molecule has 0 aliphatic carbocycles. The summed E-state index contributed by atoms with van der Waals surface area (Å²) in [6, 6.07) is 15.1. The van der Waals surface area contributed by atoms with Crippen molar-refractivity contribution in [3.05, 3.63) is 64.7 Å². The van der Waals surface area contributed by atoms with Crippen molar-refractivity contribution in [2.45, 2.75) is 33.1 Å². The number of hydrogen-bond acceptors (Lipinski definition) is 2. The standard InChI is InChI=1S/C20H23ClN2OS/c1-3-5-10-15-11-6-7-12-16(15)19(24)23-20(25-4-2)22-18-14-9-8-13-17(18)21/h6-9,11-14H,3-5,10H2,1-2H3,(H,22,23,24). The number of aryl methyl sites for hydroxylation is 1. The van der Waals surface area contributed by atoms with E-state index in [0.717, 1.165) is 36.3 Å². The van der Waals surface area contributed by atoms with E-state index in [1.165, 1.54) is 11.8 Å². The summed E-state index contributed by atoms with van der Waals surface area (Å²) in [6.45, 7) is 4.17. The van der Waals surface area contributed by atoms with Crippen molar-refractivity contribution in [2.24, 2.45) is 4.99 Å². The lowest BCUT2D eigenvalue weighted by molar-refractivity contribution is 0.100. The van der Waals surface area contributed by atoms with Gasteiger partial charge in [-0.05, 0) is 42.4 Å². The molecule has 0 heterocycles. The minimum atomic E-state index is -0.220. The first-order chi connectivity index (χ1) is 12.2. The molecule has 2 aromatic carbocycles. The third-order valence-corrected chi connectivity index (χ3v) is 4.73. The number of rotatable bonds is 6. The molecule has 0 unspecified atom stereocenters. The summed E-state index contributed by atoms with van der Waals surface area (Å²) in [5.74, 6) is 0.586. The monoisotopic (exact) mass is 374 g/mol. The van der Waals surface area contributed by atoms with Crippen LogP contribution in [0.1, 0.15) is 42.6 Å². The number of thioether (sulfide) groups is 1. The Hall–Kier alpha value is -1.78. The van der Waals surface area contributed by atoms with Crippen molar-refractivity contribution in [1.29, 1.82) is 0 Å². The first kappa shape index (κ1) is 19.5. The maximum absolute atomic E-state index is 12.7. The average molecular weight is 375 g/mol. The number of nitrogens with zero attached hydrogens (tertiary/aromatic N) is 1. The Morgan fingerprint density at radius 1 is 1.12 bits per heavy atom. The Morgan fingerprint density at radius 2 is 1.84 bits per heavy atom. The van der Waals surface area contributed by atoms with Crippen LogP contribution in [0.5, 0.6) is 0 Å². The Balaban J connectivity index is 2.25. The number of amidine groups is 1. The number of para-hydroxylation sites is 1. The van der Waals surface area contributed by atoms with Gasteiger partial charge < -0.3 is 5.32 Å². The second-order valence-corrected chi connectivity index (χ2v) is 7.18. The number of carbonyl (C=O) groups excluding carboxylic acids is 1. The molecule has 0 saturated heterocycles. The second kappa shape index (κ2) is 10.3. The van der Waals surface area contributed by atoms with E-state index in [9.17, 15) is 4.79 Å². The highest BCUT2D eigenvalue weighted by atomic mass is 35.5. The molecule has 2 aromatic rings. The molecule has 132 valence electrons. The maximum atomic E-state index is 12.7. The van der Waals surface area contributed by atoms with Gasteiger partial charge in [-0.15, -0.1) is 0 Å². The van der Waals surface area contributed by atoms with Crippen LogP contribution in [0, 0.1) is 0 Å². The molecule has 0 radical (unpaired) electrons. The maximum Gasteiger partial charge on any atom is 0.279 e. The van der Waals surface area contributed by atoms with Crippen LogP contribution in [-0.2, 0) is 6.42 Å². The van der Waals surface area contributed by atoms with E-state index in [1.54, 1.807) is 6.07 Å². The van der Waals surface area contributed by atoms with Crippen LogP contribution in [0.2, 0.25) is 5.02 Å². The van der Waals surface area contributed by atoms with Gasteiger partial charge in [-0.25, -0.2) is 0 Å². The highest BCUT2D eigenvalue weighted by Gasteiger charge is 2.12. The lowest BCUT2D eigenvalue weighted by Gasteiger charge is -2.11. The van der Waals surface area contributed by atoms with Gasteiger partial charge in [0.2, 0.25) is 0 Å². The third-order valence-electron chi connectivity index (χ3n) is 3.65. The first-order valence-electron chi connectivity index (χ1n) is 8.51. The van der Waals surface area contributed by atoms with Crippen molar-refractivity contribution in [1.82, 2.24) is 0 Å². The fraction of sp³-hybridized carbons (Fsp3) is 0.300. The van der Waals surface area contributed by atoms with Crippen LogP contribution in [0.4, 0.5) is 5.69 Å². The van der Waals surface area contributed by atoms with Gasteiger partial charge in [-0.1, -0.05) is 74.0 Å². The number of aliphatic imine (C=N–C) groups is 1. The summed E-state index contributed by atoms with van der Waals surface area (Å²) in [7, 11) is 0. The van der Waals surface area contributed by atoms with Crippen LogP contribution >= 0.6 is 23.4 Å². The zero-order chi connectivity index (χ0) is 18.1. The lowest BCUT2D eigenvalue weighted by Crippen LogP contribution is -2.12. The summed E-state index contributed by atoms with van der Waals surface area (Å²) < 4.78 is 0. The van der Waals surface area contributed by atoms with Gasteiger partial charge in [0.15, 0.2) is 5.17 Å². The minimum absolute atomic E-state index is 0.220. The summed E-state index contributed by atoms with van der Waals surface area (Å²) >= 11 is 7.68. The largest absolute Gasteiger partial charge is 0.333 e. The zero-order valence-corrected chi connectivity index (χ0v) is 16.2. The van der Waals surface area contributed by atoms with E-state index in [2.05, 4.69) is 17.2 Å². The minimum Gasteiger partial charge on any atom is -0.333 e. The molecule has 0 aliphatic heterocycles. The normalized spacial score (nSPS) is 11.4. The SMILES string of the molecule is CCCCc1ccccc1C(=O)N=C(Nc1ccccc1Cl)SCC. The van der Waals surface area contributed by atoms with Crippen LogP contribution < -0.4 is 5.32 Å². The number of amides is 1. The van der Waals surface area contributed by atoms with E-state index < -0.39 is 0 Å². The van der Waals surface area contributed by atoms with Crippen molar-refractivity contribution in [3.8, 4) is 0 Å². The predicted molar refractivity (Wildman–Crippen MR) is 110 cm³/mol. The summed E-state index contributed by atoms with van der Waals surface area (Å²) in [5.41, 5.74) is 2.47. The van der Waals surface area contributed by atoms with E-state index in [4.69, 9.17) is 11.6 Å². The van der Waals surface area contributed by atoms with Gasteiger partial charge in [-0.3, -0.25) is 4.79 Å². The molecule has 0 spiro atoms. The van der Waals surface area contributed by atoms with Crippen LogP contribution in [0.3, 0.4) is 0 Å². The molecule has 3 nitrogen and oxygen atoms in total. The molecule has 2 rings (SSSR count). The zero-order valence-electron chi connectivity index (χ0n) is 14.6. The molecule has 0 saturated carbocycles. The molecule has 25 heavy (non-hydrogen) atoms. The molecular weight excluding hydrogens is 352 g/mol. The number of unbranched alkanes of at least 4 members (excludes halogenated alkanes) is 1. The molecule has 1 N–H and O–H groups in total. The smallest absolute Gasteiger partial charge is 0.279 e. The van der Waals surface area contributed by atoms with Crippen molar-refractivity contribution in [2.75, 3.05) is 11.1 Å². The van der Waals surface area contributed by atoms with Crippen LogP contribution in [0.25, 0.3) is 0 Å². The van der Waals surface area contributed by atoms with E-state index in [0.29, 0.717) is 15.8 Å². The molecule has 0 bridgehead atoms. The van der Waals surface area contributed by atoms with Gasteiger partial charge in [0, 0.05) is 5.56 Å². The molecule has 0 fully saturated rings. The van der Waals surface area contributed by atoms with Crippen LogP contribution in [-0.4, -0.2) is 16.8 Å². The number of anilines is 1. The predicted octanol–water partition coefficient (Wildman–Crippen LogP) is 6.04. The summed E-state index contributed by atoms with van der Waals surface area (Å²) in [5, 5.41) is 4.33. The topological polar surface area (TPSA) is 41.5 Å². The Bertz CT molecular complexity index is 746. The lowest BCUT2D eigenvalue weighted by atomic mass is 10.0. The van der Waals surface area contributed by atoms with Gasteiger partial charge in [0.25, 0.3) is 5.91 Å². The number of nitrogens with one attached hydrogen (secondary N) is 1. The molecule has 1 amide bonds. The Morgan fingerprint density at radius 3 is 2.56 bits per heavy atom. The van der Waals surface area contributed by atoms with Gasteiger partial charge in [0.1, 0.15) is 0 Å². The first-order valence-corrected chi connectivity index (χ1v) is 9.87. The summed E-state index contributed by atoms with van der Waals surface area (Å²) in [6.07, 6.45) is 3.04. The van der Waals surface area contributed by atoms with E-state index >= 15 is 0 Å². The van der Waals surface area contributed by atoms with Gasteiger partial charge in [-0.2, -0.15) is 4.99 Å². The number of hydrogen-bond donors (Lipinski definition) is 1. The molecule has 0 aromatic heterocycles. The second-order valence-electron chi connectivity index (χ2n) is 5.52. The van der Waals surface area contributed by atoms with E-state index in [1.807, 2.05) is 49.4 Å². The number of halogens is 1. The Labute approximate surface area is 158 Å². The Kier molecular flexibility index (Phi) is 8.02. The third kappa shape index (κ3) is 5.91. The van der Waals surface area contributed by atoms with Gasteiger partial charge in [0.05, 0.1) is 10.7 Å². The van der Waals surface area contributed by atoms with Crippen molar-refractivity contribution >= 4 is 40.1 Å². The average Bonchev–Trinajstić information content (AvgIpc) is 2.62. The fourth-order valence-corrected chi connectivity index (χ4v) is 3.16. The highest BCUT2D eigenvalue weighted by Crippen LogP contribution is 2.22. The number of carbonyl (C=O) groups is 1. The number of benzene rings is 2. The van der Waals surface area contributed by atoms with E-state index in [-0.39, 0.29) is 5.91 Å². The quantitative estimate of drug-likeness (QED) is 0.494. The van der Waals surface area contributed by atoms with Crippen molar-refractivity contribution < 1.29 is 4.79 Å². The highest BCUT2D eigenvalue weighted by molar-refractivity contribution is 8.14. The molecule has 5 heteroatoms. The van der Waals surface area contributed by atoms with Gasteiger partial charge >= 0.3 is 0 Å².